The predicted molar refractivity (Wildman–Crippen MR) is 109 cm³/mol. The zero-order chi connectivity index (χ0) is 20.7. The number of amides is 3. The number of benzene rings is 1. The molecule has 0 aromatic heterocycles. The summed E-state index contributed by atoms with van der Waals surface area (Å²) in [6, 6.07) is 5.55. The van der Waals surface area contributed by atoms with Crippen LogP contribution >= 0.6 is 0 Å². The van der Waals surface area contributed by atoms with Crippen molar-refractivity contribution in [1.82, 2.24) is 20.4 Å². The highest BCUT2D eigenvalue weighted by atomic mass is 16.5. The molecule has 3 amide bonds. The number of nitrogens with one attached hydrogen (secondary N) is 2. The van der Waals surface area contributed by atoms with Crippen molar-refractivity contribution in [3.8, 4) is 0 Å². The second kappa shape index (κ2) is 7.76. The molecule has 1 atom stereocenters. The summed E-state index contributed by atoms with van der Waals surface area (Å²) >= 11 is 0. The number of ether oxygens (including phenoxy) is 1. The van der Waals surface area contributed by atoms with Gasteiger partial charge in [-0.2, -0.15) is 0 Å². The van der Waals surface area contributed by atoms with Crippen molar-refractivity contribution in [2.24, 2.45) is 0 Å². The molecule has 0 radical (unpaired) electrons. The summed E-state index contributed by atoms with van der Waals surface area (Å²) in [5.41, 5.74) is 2.83. The van der Waals surface area contributed by atoms with Gasteiger partial charge in [-0.3, -0.25) is 24.6 Å². The smallest absolute Gasteiger partial charge is 0.255 e. The molecule has 8 nitrogen and oxygen atoms in total. The van der Waals surface area contributed by atoms with Crippen molar-refractivity contribution in [1.29, 1.82) is 0 Å². The van der Waals surface area contributed by atoms with E-state index in [0.717, 1.165) is 63.4 Å². The fourth-order valence-corrected chi connectivity index (χ4v) is 5.29. The first-order valence-electron chi connectivity index (χ1n) is 10.9. The van der Waals surface area contributed by atoms with Crippen molar-refractivity contribution < 1.29 is 19.1 Å². The lowest BCUT2D eigenvalue weighted by atomic mass is 9.85. The number of piperidine rings is 2. The number of hydrogen-bond donors (Lipinski definition) is 2. The minimum absolute atomic E-state index is 0.0747. The zero-order valence-corrected chi connectivity index (χ0v) is 17.1. The van der Waals surface area contributed by atoms with E-state index < -0.39 is 6.04 Å². The van der Waals surface area contributed by atoms with E-state index >= 15 is 0 Å². The summed E-state index contributed by atoms with van der Waals surface area (Å²) < 4.78 is 5.83. The molecule has 30 heavy (non-hydrogen) atoms. The molecular weight excluding hydrogens is 384 g/mol. The highest BCUT2D eigenvalue weighted by Crippen LogP contribution is 2.33. The van der Waals surface area contributed by atoms with E-state index in [0.29, 0.717) is 18.5 Å². The Labute approximate surface area is 175 Å². The average Bonchev–Trinajstić information content (AvgIpc) is 3.06. The van der Waals surface area contributed by atoms with Crippen molar-refractivity contribution >= 4 is 17.7 Å². The summed E-state index contributed by atoms with van der Waals surface area (Å²) in [6.45, 7) is 5.63. The van der Waals surface area contributed by atoms with E-state index in [1.54, 1.807) is 4.90 Å². The lowest BCUT2D eigenvalue weighted by molar-refractivity contribution is -0.136. The second-order valence-corrected chi connectivity index (χ2v) is 8.84. The Morgan fingerprint density at radius 1 is 1.17 bits per heavy atom. The van der Waals surface area contributed by atoms with Crippen molar-refractivity contribution in [3.05, 3.63) is 34.9 Å². The number of morpholine rings is 1. The summed E-state index contributed by atoms with van der Waals surface area (Å²) in [5.74, 6) is -0.742. The van der Waals surface area contributed by atoms with E-state index in [-0.39, 0.29) is 29.7 Å². The quantitative estimate of drug-likeness (QED) is 0.699. The van der Waals surface area contributed by atoms with E-state index in [1.165, 1.54) is 0 Å². The van der Waals surface area contributed by atoms with Crippen LogP contribution in [0.25, 0.3) is 0 Å². The maximum atomic E-state index is 13.1. The molecule has 0 aliphatic carbocycles. The van der Waals surface area contributed by atoms with Gasteiger partial charge in [0.25, 0.3) is 5.91 Å². The van der Waals surface area contributed by atoms with Crippen LogP contribution in [-0.4, -0.2) is 72.0 Å². The summed E-state index contributed by atoms with van der Waals surface area (Å²) in [5, 5.41) is 5.79. The van der Waals surface area contributed by atoms with Gasteiger partial charge in [0.2, 0.25) is 11.8 Å². The number of hydrogen-bond acceptors (Lipinski definition) is 6. The molecule has 0 bridgehead atoms. The van der Waals surface area contributed by atoms with Crippen LogP contribution in [0.1, 0.15) is 47.2 Å². The minimum atomic E-state index is -0.566. The largest absolute Gasteiger partial charge is 0.378 e. The third-order valence-electron chi connectivity index (χ3n) is 7.05. The van der Waals surface area contributed by atoms with Gasteiger partial charge in [0.15, 0.2) is 0 Å². The lowest BCUT2D eigenvalue weighted by Crippen LogP contribution is -2.60. The van der Waals surface area contributed by atoms with Crippen molar-refractivity contribution in [2.45, 2.75) is 50.4 Å². The average molecular weight is 412 g/mol. The molecule has 160 valence electrons. The summed E-state index contributed by atoms with van der Waals surface area (Å²) in [7, 11) is 0. The topological polar surface area (TPSA) is 91.0 Å². The Bertz CT molecular complexity index is 872. The maximum Gasteiger partial charge on any atom is 0.255 e. The van der Waals surface area contributed by atoms with Gasteiger partial charge in [-0.1, -0.05) is 12.1 Å². The maximum absolute atomic E-state index is 13.1. The molecule has 1 aromatic rings. The minimum Gasteiger partial charge on any atom is -0.378 e. The van der Waals surface area contributed by atoms with Crippen LogP contribution in [0, 0.1) is 0 Å². The standard InChI is InChI=1S/C22H28N4O4/c27-19-4-3-18(20(28)24-19)26-13-16-2-1-15(11-17(16)21(26)29)12-25-9-10-30-14-22(25)5-7-23-8-6-22/h1-2,11,18,23H,3-10,12-14H2,(H,24,27,28). The van der Waals surface area contributed by atoms with E-state index in [9.17, 15) is 14.4 Å². The Hall–Kier alpha value is -2.29. The van der Waals surface area contributed by atoms with Crippen LogP contribution in [0.5, 0.6) is 0 Å². The molecule has 4 heterocycles. The third-order valence-corrected chi connectivity index (χ3v) is 7.05. The molecule has 1 unspecified atom stereocenters. The van der Waals surface area contributed by atoms with Gasteiger partial charge >= 0.3 is 0 Å². The highest BCUT2D eigenvalue weighted by molar-refractivity contribution is 6.05. The first-order chi connectivity index (χ1) is 14.6. The zero-order valence-electron chi connectivity index (χ0n) is 17.1. The monoisotopic (exact) mass is 412 g/mol. The highest BCUT2D eigenvalue weighted by Gasteiger charge is 2.41. The molecule has 5 rings (SSSR count). The molecular formula is C22H28N4O4. The Morgan fingerprint density at radius 3 is 2.80 bits per heavy atom. The molecule has 4 aliphatic rings. The molecule has 1 spiro atoms. The fraction of sp³-hybridized carbons (Fsp3) is 0.591. The van der Waals surface area contributed by atoms with Gasteiger partial charge in [0, 0.05) is 37.2 Å². The van der Waals surface area contributed by atoms with Crippen LogP contribution in [0.2, 0.25) is 0 Å². The van der Waals surface area contributed by atoms with Crippen molar-refractivity contribution in [2.75, 3.05) is 32.8 Å². The van der Waals surface area contributed by atoms with Crippen LogP contribution in [0.4, 0.5) is 0 Å². The summed E-state index contributed by atoms with van der Waals surface area (Å²) in [6.07, 6.45) is 2.80. The van der Waals surface area contributed by atoms with Crippen molar-refractivity contribution in [3.63, 3.8) is 0 Å². The van der Waals surface area contributed by atoms with E-state index in [4.69, 9.17) is 4.74 Å². The van der Waals surface area contributed by atoms with Crippen LogP contribution in [0.15, 0.2) is 18.2 Å². The summed E-state index contributed by atoms with van der Waals surface area (Å²) in [4.78, 5) is 40.9. The van der Waals surface area contributed by atoms with Crippen LogP contribution in [-0.2, 0) is 27.4 Å². The fourth-order valence-electron chi connectivity index (χ4n) is 5.29. The molecule has 3 saturated heterocycles. The van der Waals surface area contributed by atoms with Crippen LogP contribution < -0.4 is 10.6 Å². The van der Waals surface area contributed by atoms with Gasteiger partial charge in [-0.25, -0.2) is 0 Å². The number of imide groups is 1. The normalized spacial score (nSPS) is 26.7. The number of nitrogens with zero attached hydrogens (tertiary/aromatic N) is 2. The third kappa shape index (κ3) is 3.42. The van der Waals surface area contributed by atoms with Gasteiger partial charge in [-0.05, 0) is 49.5 Å². The number of fused-ring (bicyclic) bond motifs is 1. The molecule has 4 aliphatic heterocycles. The van der Waals surface area contributed by atoms with Gasteiger partial charge in [0.1, 0.15) is 6.04 Å². The van der Waals surface area contributed by atoms with Gasteiger partial charge in [-0.15, -0.1) is 0 Å². The predicted octanol–water partition coefficient (Wildman–Crippen LogP) is 0.402. The molecule has 1 aromatic carbocycles. The lowest BCUT2D eigenvalue weighted by Gasteiger charge is -2.49. The molecule has 0 saturated carbocycles. The van der Waals surface area contributed by atoms with E-state index in [1.807, 2.05) is 12.1 Å². The first kappa shape index (κ1) is 19.7. The first-order valence-corrected chi connectivity index (χ1v) is 10.9. The molecule has 8 heteroatoms. The van der Waals surface area contributed by atoms with E-state index in [2.05, 4.69) is 21.6 Å². The molecule has 3 fully saturated rings. The Kier molecular flexibility index (Phi) is 5.08. The second-order valence-electron chi connectivity index (χ2n) is 8.84. The molecule has 2 N–H and O–H groups in total. The van der Waals surface area contributed by atoms with Gasteiger partial charge < -0.3 is 15.0 Å². The van der Waals surface area contributed by atoms with Gasteiger partial charge in [0.05, 0.1) is 13.2 Å². The SMILES string of the molecule is O=C1CCC(N2Cc3ccc(CN4CCOCC45CCNCC5)cc3C2=O)C(=O)N1. The van der Waals surface area contributed by atoms with Crippen LogP contribution in [0.3, 0.4) is 0 Å². The number of carbonyl (C=O) groups excluding carboxylic acids is 3. The number of rotatable bonds is 3. The Morgan fingerprint density at radius 2 is 2.00 bits per heavy atom. The Balaban J connectivity index is 1.33. The number of carbonyl (C=O) groups is 3.